The van der Waals surface area contributed by atoms with Crippen LogP contribution in [0.5, 0.6) is 5.19 Å². The number of aromatic nitrogens is 4. The smallest absolute Gasteiger partial charge is 0.295 e. The molecule has 2 aromatic rings. The molecule has 0 radical (unpaired) electrons. The van der Waals surface area contributed by atoms with Gasteiger partial charge >= 0.3 is 0 Å². The maximum atomic E-state index is 5.39. The second kappa shape index (κ2) is 4.05. The van der Waals surface area contributed by atoms with Crippen molar-refractivity contribution in [2.45, 2.75) is 6.61 Å². The topological polar surface area (TPSA) is 52.8 Å². The Bertz CT molecular complexity index is 387. The summed E-state index contributed by atoms with van der Waals surface area (Å²) in [5.74, 6) is 0. The number of rotatable bonds is 3. The Morgan fingerprint density at radius 3 is 3.00 bits per heavy atom. The minimum atomic E-state index is 0.468. The van der Waals surface area contributed by atoms with E-state index in [2.05, 4.69) is 31.2 Å². The van der Waals surface area contributed by atoms with Crippen LogP contribution in [0.3, 0.4) is 0 Å². The van der Waals surface area contributed by atoms with Gasteiger partial charge in [0.15, 0.2) is 3.92 Å². The molecular weight excluding hydrogens is 268 g/mol. The Hall–Kier alpha value is -0.950. The Kier molecular flexibility index (Phi) is 2.78. The molecule has 14 heavy (non-hydrogen) atoms. The van der Waals surface area contributed by atoms with E-state index in [-0.39, 0.29) is 0 Å². The Morgan fingerprint density at radius 1 is 1.57 bits per heavy atom. The number of ether oxygens (including phenoxy) is 1. The van der Waals surface area contributed by atoms with Gasteiger partial charge in [-0.05, 0) is 27.3 Å². The maximum Gasteiger partial charge on any atom is 0.295 e. The molecule has 0 aliphatic rings. The van der Waals surface area contributed by atoms with E-state index in [0.717, 1.165) is 9.48 Å². The molecule has 0 fully saturated rings. The van der Waals surface area contributed by atoms with Gasteiger partial charge in [0.05, 0.1) is 6.20 Å². The van der Waals surface area contributed by atoms with Crippen LogP contribution < -0.4 is 4.74 Å². The van der Waals surface area contributed by atoms with E-state index < -0.39 is 0 Å². The van der Waals surface area contributed by atoms with Crippen molar-refractivity contribution in [1.29, 1.82) is 0 Å². The van der Waals surface area contributed by atoms with Crippen molar-refractivity contribution in [2.24, 2.45) is 7.05 Å². The summed E-state index contributed by atoms with van der Waals surface area (Å²) in [5.41, 5.74) is 1.01. The first-order valence-electron chi connectivity index (χ1n) is 3.83. The van der Waals surface area contributed by atoms with Gasteiger partial charge in [-0.1, -0.05) is 5.10 Å². The van der Waals surface area contributed by atoms with Crippen molar-refractivity contribution in [3.63, 3.8) is 0 Å². The molecule has 0 unspecified atom stereocenters. The van der Waals surface area contributed by atoms with Crippen molar-refractivity contribution >= 4 is 27.3 Å². The second-order valence-corrected chi connectivity index (χ2v) is 4.85. The van der Waals surface area contributed by atoms with Crippen molar-refractivity contribution in [2.75, 3.05) is 0 Å². The number of nitrogens with zero attached hydrogens (tertiary/aromatic N) is 4. The molecule has 7 heteroatoms. The van der Waals surface area contributed by atoms with Crippen LogP contribution in [0.4, 0.5) is 0 Å². The van der Waals surface area contributed by atoms with E-state index in [9.17, 15) is 0 Å². The third kappa shape index (κ3) is 2.30. The van der Waals surface area contributed by atoms with Gasteiger partial charge in [-0.25, -0.2) is 0 Å². The predicted molar refractivity (Wildman–Crippen MR) is 55.1 cm³/mol. The molecule has 0 atom stereocenters. The molecule has 0 saturated heterocycles. The number of hydrogen-bond donors (Lipinski definition) is 0. The fourth-order valence-corrected chi connectivity index (χ4v) is 1.86. The zero-order chi connectivity index (χ0) is 9.97. The molecule has 5 nitrogen and oxygen atoms in total. The highest BCUT2D eigenvalue weighted by molar-refractivity contribution is 9.11. The van der Waals surface area contributed by atoms with Gasteiger partial charge < -0.3 is 4.74 Å². The Morgan fingerprint density at radius 2 is 2.43 bits per heavy atom. The number of halogens is 1. The van der Waals surface area contributed by atoms with Gasteiger partial charge in [0.2, 0.25) is 0 Å². The highest BCUT2D eigenvalue weighted by atomic mass is 79.9. The normalized spacial score (nSPS) is 10.4. The van der Waals surface area contributed by atoms with E-state index in [0.29, 0.717) is 11.8 Å². The van der Waals surface area contributed by atoms with E-state index >= 15 is 0 Å². The van der Waals surface area contributed by atoms with Crippen molar-refractivity contribution in [3.8, 4) is 5.19 Å². The van der Waals surface area contributed by atoms with Crippen LogP contribution in [0.15, 0.2) is 16.3 Å². The monoisotopic (exact) mass is 274 g/mol. The molecule has 0 aliphatic heterocycles. The zero-order valence-corrected chi connectivity index (χ0v) is 9.75. The summed E-state index contributed by atoms with van der Waals surface area (Å²) in [5, 5.41) is 12.2. The van der Waals surface area contributed by atoms with Gasteiger partial charge in [-0.2, -0.15) is 5.10 Å². The predicted octanol–water partition coefficient (Wildman–Crippen LogP) is 1.61. The third-order valence-electron chi connectivity index (χ3n) is 1.50. The summed E-state index contributed by atoms with van der Waals surface area (Å²) in [6, 6.07) is 0. The molecule has 0 spiro atoms. The highest BCUT2D eigenvalue weighted by Crippen LogP contribution is 2.22. The average Bonchev–Trinajstić information content (AvgIpc) is 2.72. The van der Waals surface area contributed by atoms with Gasteiger partial charge in [0.1, 0.15) is 6.61 Å². The Labute approximate surface area is 92.9 Å². The maximum absolute atomic E-state index is 5.39. The minimum absolute atomic E-state index is 0.468. The summed E-state index contributed by atoms with van der Waals surface area (Å²) in [7, 11) is 1.87. The summed E-state index contributed by atoms with van der Waals surface area (Å²) < 4.78 is 7.84. The summed E-state index contributed by atoms with van der Waals surface area (Å²) >= 11 is 4.57. The molecule has 0 N–H and O–H groups in total. The average molecular weight is 275 g/mol. The van der Waals surface area contributed by atoms with Crippen LogP contribution in [0, 0.1) is 0 Å². The van der Waals surface area contributed by atoms with Crippen LogP contribution in [0.25, 0.3) is 0 Å². The SMILES string of the molecule is Cn1cc(COc2nnc(Br)s2)cn1. The lowest BCUT2D eigenvalue weighted by atomic mass is 10.4. The van der Waals surface area contributed by atoms with E-state index in [1.165, 1.54) is 11.3 Å². The largest absolute Gasteiger partial charge is 0.464 e. The van der Waals surface area contributed by atoms with E-state index in [1.54, 1.807) is 10.9 Å². The molecule has 74 valence electrons. The standard InChI is InChI=1S/C7H7BrN4OS/c1-12-3-5(2-9-12)4-13-7-11-10-6(8)14-7/h2-3H,4H2,1H3. The zero-order valence-electron chi connectivity index (χ0n) is 7.35. The first-order valence-corrected chi connectivity index (χ1v) is 5.44. The lowest BCUT2D eigenvalue weighted by molar-refractivity contribution is 0.302. The van der Waals surface area contributed by atoms with Gasteiger partial charge in [-0.3, -0.25) is 4.68 Å². The molecular formula is C7H7BrN4OS. The molecule has 2 rings (SSSR count). The lowest BCUT2D eigenvalue weighted by Crippen LogP contribution is -1.93. The number of aryl methyl sites for hydroxylation is 1. The lowest BCUT2D eigenvalue weighted by Gasteiger charge is -1.96. The van der Waals surface area contributed by atoms with Crippen molar-refractivity contribution in [3.05, 3.63) is 21.9 Å². The highest BCUT2D eigenvalue weighted by Gasteiger charge is 2.03. The van der Waals surface area contributed by atoms with Gasteiger partial charge in [0, 0.05) is 18.8 Å². The number of hydrogen-bond acceptors (Lipinski definition) is 5. The van der Waals surface area contributed by atoms with E-state index in [4.69, 9.17) is 4.74 Å². The summed E-state index contributed by atoms with van der Waals surface area (Å²) in [6.45, 7) is 0.468. The molecule has 0 saturated carbocycles. The molecule has 0 aliphatic carbocycles. The van der Waals surface area contributed by atoms with Crippen LogP contribution in [0.1, 0.15) is 5.56 Å². The van der Waals surface area contributed by atoms with Crippen molar-refractivity contribution in [1.82, 2.24) is 20.0 Å². The molecule has 0 bridgehead atoms. The summed E-state index contributed by atoms with van der Waals surface area (Å²) in [6.07, 6.45) is 3.66. The first-order chi connectivity index (χ1) is 6.74. The van der Waals surface area contributed by atoms with Crippen LogP contribution >= 0.6 is 27.3 Å². The second-order valence-electron chi connectivity index (χ2n) is 2.63. The van der Waals surface area contributed by atoms with Crippen LogP contribution in [0.2, 0.25) is 0 Å². The van der Waals surface area contributed by atoms with Gasteiger partial charge in [0.25, 0.3) is 5.19 Å². The first kappa shape index (κ1) is 9.60. The van der Waals surface area contributed by atoms with Crippen LogP contribution in [-0.2, 0) is 13.7 Å². The fraction of sp³-hybridized carbons (Fsp3) is 0.286. The van der Waals surface area contributed by atoms with Crippen molar-refractivity contribution < 1.29 is 4.74 Å². The molecule has 2 aromatic heterocycles. The molecule has 2 heterocycles. The fourth-order valence-electron chi connectivity index (χ4n) is 0.943. The molecule has 0 aromatic carbocycles. The Balaban J connectivity index is 1.94. The molecule has 0 amide bonds. The third-order valence-corrected chi connectivity index (χ3v) is 2.77. The minimum Gasteiger partial charge on any atom is -0.464 e. The van der Waals surface area contributed by atoms with E-state index in [1.807, 2.05) is 13.2 Å². The van der Waals surface area contributed by atoms with Crippen LogP contribution in [-0.4, -0.2) is 20.0 Å². The summed E-state index contributed by atoms with van der Waals surface area (Å²) in [4.78, 5) is 0. The quantitative estimate of drug-likeness (QED) is 0.854. The van der Waals surface area contributed by atoms with Gasteiger partial charge in [-0.15, -0.1) is 5.10 Å².